The van der Waals surface area contributed by atoms with E-state index in [0.29, 0.717) is 5.92 Å². The van der Waals surface area contributed by atoms with E-state index in [0.717, 1.165) is 12.8 Å². The third-order valence-corrected chi connectivity index (χ3v) is 2.70. The summed E-state index contributed by atoms with van der Waals surface area (Å²) in [7, 11) is 0. The highest BCUT2D eigenvalue weighted by atomic mass is 16.6. The number of hydrogen-bond acceptors (Lipinski definition) is 7. The van der Waals surface area contributed by atoms with Crippen molar-refractivity contribution in [1.82, 2.24) is 9.97 Å². The van der Waals surface area contributed by atoms with Crippen LogP contribution in [-0.4, -0.2) is 20.9 Å². The Morgan fingerprint density at radius 1 is 1.32 bits per heavy atom. The molecule has 0 saturated heterocycles. The van der Waals surface area contributed by atoms with Gasteiger partial charge in [0.05, 0.1) is 4.92 Å². The number of nitrogens with one attached hydrogen (secondary N) is 2. The lowest BCUT2D eigenvalue weighted by atomic mass is 10.0. The van der Waals surface area contributed by atoms with Crippen molar-refractivity contribution >= 4 is 17.3 Å². The normalized spacial score (nSPS) is 12.3. The monoisotopic (exact) mass is 268 g/mol. The van der Waals surface area contributed by atoms with Gasteiger partial charge in [-0.25, -0.2) is 15.8 Å². The molecule has 0 bridgehead atoms. The molecule has 0 saturated carbocycles. The number of nitro groups is 1. The zero-order valence-corrected chi connectivity index (χ0v) is 11.4. The Balaban J connectivity index is 2.85. The van der Waals surface area contributed by atoms with Crippen molar-refractivity contribution in [3.8, 4) is 0 Å². The molecule has 106 valence electrons. The maximum atomic E-state index is 11.0. The minimum absolute atomic E-state index is 0.00133. The molecule has 1 atom stereocenters. The van der Waals surface area contributed by atoms with Gasteiger partial charge >= 0.3 is 5.69 Å². The zero-order chi connectivity index (χ0) is 14.4. The van der Waals surface area contributed by atoms with Crippen LogP contribution in [-0.2, 0) is 0 Å². The molecular formula is C11H20N6O2. The van der Waals surface area contributed by atoms with Crippen LogP contribution in [0.4, 0.5) is 17.3 Å². The van der Waals surface area contributed by atoms with Gasteiger partial charge in [-0.1, -0.05) is 13.8 Å². The van der Waals surface area contributed by atoms with Crippen LogP contribution < -0.4 is 16.6 Å². The molecular weight excluding hydrogens is 248 g/mol. The van der Waals surface area contributed by atoms with Gasteiger partial charge in [-0.05, 0) is 25.7 Å². The maximum absolute atomic E-state index is 11.0. The van der Waals surface area contributed by atoms with Crippen molar-refractivity contribution in [3.63, 3.8) is 0 Å². The number of nitrogens with two attached hydrogens (primary N) is 1. The van der Waals surface area contributed by atoms with E-state index in [1.807, 2.05) is 6.92 Å². The Morgan fingerprint density at radius 2 is 1.95 bits per heavy atom. The molecule has 0 amide bonds. The molecule has 0 spiro atoms. The van der Waals surface area contributed by atoms with Crippen LogP contribution in [0.15, 0.2) is 6.33 Å². The molecule has 0 fully saturated rings. The third kappa shape index (κ3) is 4.32. The number of aromatic nitrogens is 2. The van der Waals surface area contributed by atoms with Crippen molar-refractivity contribution in [3.05, 3.63) is 16.4 Å². The summed E-state index contributed by atoms with van der Waals surface area (Å²) in [6.45, 7) is 6.23. The summed E-state index contributed by atoms with van der Waals surface area (Å²) in [5, 5.41) is 14.1. The van der Waals surface area contributed by atoms with E-state index in [-0.39, 0.29) is 23.4 Å². The fourth-order valence-corrected chi connectivity index (χ4v) is 1.65. The minimum Gasteiger partial charge on any atom is -0.362 e. The second-order valence-electron chi connectivity index (χ2n) is 4.84. The van der Waals surface area contributed by atoms with Crippen LogP contribution in [0.25, 0.3) is 0 Å². The summed E-state index contributed by atoms with van der Waals surface area (Å²) in [5.74, 6) is 5.99. The molecule has 0 aliphatic rings. The van der Waals surface area contributed by atoms with E-state index in [1.165, 1.54) is 6.33 Å². The second kappa shape index (κ2) is 6.83. The molecule has 0 aliphatic heterocycles. The van der Waals surface area contributed by atoms with Gasteiger partial charge in [-0.2, -0.15) is 0 Å². The van der Waals surface area contributed by atoms with E-state index in [1.54, 1.807) is 0 Å². The van der Waals surface area contributed by atoms with Crippen molar-refractivity contribution in [1.29, 1.82) is 0 Å². The Morgan fingerprint density at radius 3 is 2.47 bits per heavy atom. The Kier molecular flexibility index (Phi) is 5.43. The fourth-order valence-electron chi connectivity index (χ4n) is 1.65. The lowest BCUT2D eigenvalue weighted by molar-refractivity contribution is -0.383. The summed E-state index contributed by atoms with van der Waals surface area (Å²) < 4.78 is 0. The molecule has 1 rings (SSSR count). The van der Waals surface area contributed by atoms with Crippen molar-refractivity contribution in [2.45, 2.75) is 39.7 Å². The number of hydrazine groups is 1. The molecule has 1 unspecified atom stereocenters. The second-order valence-corrected chi connectivity index (χ2v) is 4.84. The first-order valence-electron chi connectivity index (χ1n) is 6.18. The average molecular weight is 268 g/mol. The highest BCUT2D eigenvalue weighted by molar-refractivity contribution is 5.68. The average Bonchev–Trinajstić information content (AvgIpc) is 2.35. The number of rotatable bonds is 7. The quantitative estimate of drug-likeness (QED) is 0.392. The summed E-state index contributed by atoms with van der Waals surface area (Å²) in [6, 6.07) is 0.0848. The number of hydrogen-bond donors (Lipinski definition) is 3. The minimum atomic E-state index is -0.549. The first kappa shape index (κ1) is 15.1. The van der Waals surface area contributed by atoms with Gasteiger partial charge in [0.1, 0.15) is 6.33 Å². The molecule has 1 aromatic heterocycles. The Bertz CT molecular complexity index is 437. The van der Waals surface area contributed by atoms with E-state index in [2.05, 4.69) is 34.6 Å². The van der Waals surface area contributed by atoms with Gasteiger partial charge in [-0.15, -0.1) is 0 Å². The van der Waals surface area contributed by atoms with Crippen LogP contribution >= 0.6 is 0 Å². The number of nitrogens with zero attached hydrogens (tertiary/aromatic N) is 3. The lowest BCUT2D eigenvalue weighted by Crippen LogP contribution is -2.19. The SMILES string of the molecule is CC(C)CCC(C)Nc1ncnc(NN)c1[N+](=O)[O-]. The van der Waals surface area contributed by atoms with E-state index < -0.39 is 4.92 Å². The van der Waals surface area contributed by atoms with Crippen LogP contribution in [0, 0.1) is 16.0 Å². The topological polar surface area (TPSA) is 119 Å². The van der Waals surface area contributed by atoms with Crippen molar-refractivity contribution < 1.29 is 4.92 Å². The first-order chi connectivity index (χ1) is 8.95. The largest absolute Gasteiger partial charge is 0.362 e. The molecule has 0 radical (unpaired) electrons. The molecule has 19 heavy (non-hydrogen) atoms. The standard InChI is InChI=1S/C11H20N6O2/c1-7(2)4-5-8(3)15-10-9(17(18)19)11(16-12)14-6-13-10/h6-8H,4-5,12H2,1-3H3,(H2,13,14,15,16). The van der Waals surface area contributed by atoms with E-state index in [4.69, 9.17) is 5.84 Å². The lowest BCUT2D eigenvalue weighted by Gasteiger charge is -2.15. The Hall–Kier alpha value is -1.96. The summed E-state index contributed by atoms with van der Waals surface area (Å²) in [4.78, 5) is 18.1. The van der Waals surface area contributed by atoms with Gasteiger partial charge in [0.15, 0.2) is 0 Å². The summed E-state index contributed by atoms with van der Waals surface area (Å²) in [6.07, 6.45) is 3.18. The number of anilines is 2. The molecule has 8 heteroatoms. The molecule has 1 aromatic rings. The Labute approximate surface area is 111 Å². The molecule has 4 N–H and O–H groups in total. The van der Waals surface area contributed by atoms with Crippen LogP contribution in [0.3, 0.4) is 0 Å². The van der Waals surface area contributed by atoms with Gasteiger partial charge < -0.3 is 10.7 Å². The van der Waals surface area contributed by atoms with Crippen molar-refractivity contribution in [2.75, 3.05) is 10.7 Å². The van der Waals surface area contributed by atoms with Crippen LogP contribution in [0.2, 0.25) is 0 Å². The highest BCUT2D eigenvalue weighted by Crippen LogP contribution is 2.28. The van der Waals surface area contributed by atoms with Crippen LogP contribution in [0.5, 0.6) is 0 Å². The molecule has 1 heterocycles. The fraction of sp³-hybridized carbons (Fsp3) is 0.636. The predicted octanol–water partition coefficient (Wildman–Crippen LogP) is 1.91. The molecule has 0 aliphatic carbocycles. The first-order valence-corrected chi connectivity index (χ1v) is 6.18. The van der Waals surface area contributed by atoms with Gasteiger partial charge in [0, 0.05) is 6.04 Å². The highest BCUT2D eigenvalue weighted by Gasteiger charge is 2.23. The summed E-state index contributed by atoms with van der Waals surface area (Å²) in [5.41, 5.74) is 1.97. The smallest absolute Gasteiger partial charge is 0.354 e. The maximum Gasteiger partial charge on any atom is 0.354 e. The van der Waals surface area contributed by atoms with Crippen molar-refractivity contribution in [2.24, 2.45) is 11.8 Å². The number of nitrogen functional groups attached to an aromatic ring is 1. The summed E-state index contributed by atoms with van der Waals surface area (Å²) >= 11 is 0. The van der Waals surface area contributed by atoms with Gasteiger partial charge in [0.2, 0.25) is 11.6 Å². The molecule has 8 nitrogen and oxygen atoms in total. The van der Waals surface area contributed by atoms with Crippen LogP contribution in [0.1, 0.15) is 33.6 Å². The van der Waals surface area contributed by atoms with Gasteiger partial charge in [-0.3, -0.25) is 10.1 Å². The van der Waals surface area contributed by atoms with E-state index >= 15 is 0 Å². The predicted molar refractivity (Wildman–Crippen MR) is 73.7 cm³/mol. The zero-order valence-electron chi connectivity index (χ0n) is 11.4. The van der Waals surface area contributed by atoms with Gasteiger partial charge in [0.25, 0.3) is 0 Å². The third-order valence-electron chi connectivity index (χ3n) is 2.70. The van der Waals surface area contributed by atoms with E-state index in [9.17, 15) is 10.1 Å². The molecule has 0 aromatic carbocycles.